The molecular formula is C48H44O18. The Balaban J connectivity index is 0.794. The van der Waals surface area contributed by atoms with Crippen molar-refractivity contribution in [1.29, 1.82) is 0 Å². The standard InChI is InChI=1S/C48H44O18/c49-43(63-33-13-15-41(39(17-33)47(53)61-25-37-23-59-37)65-45(51)29-5-9-31(10-6-29)55-19-35-21-57-35)27-1-2-28(4-3-27)44(50)64-34-14-16-42(40(18-34)48(54)62-26-38-24-60-38)66-46(52)30-7-11-32(12-8-30)56-20-36-22-58-36/h5-18,27-28,35-38H,1-4,19-26H2/t27-,28-,35-,36?,37+,38?/m1/s1. The monoisotopic (exact) mass is 908 g/mol. The lowest BCUT2D eigenvalue weighted by molar-refractivity contribution is -0.145. The molecule has 2 unspecified atom stereocenters. The van der Waals surface area contributed by atoms with E-state index in [0.717, 1.165) is 0 Å². The maximum absolute atomic E-state index is 13.4. The molecule has 5 aliphatic rings. The molecule has 18 heteroatoms. The molecule has 66 heavy (non-hydrogen) atoms. The Kier molecular flexibility index (Phi) is 13.5. The van der Waals surface area contributed by atoms with Gasteiger partial charge in [0.1, 0.15) is 96.5 Å². The third-order valence-electron chi connectivity index (χ3n) is 11.0. The van der Waals surface area contributed by atoms with Gasteiger partial charge in [-0.15, -0.1) is 0 Å². The molecule has 4 heterocycles. The Morgan fingerprint density at radius 3 is 1.09 bits per heavy atom. The zero-order chi connectivity index (χ0) is 45.6. The van der Waals surface area contributed by atoms with Crippen LogP contribution in [0.3, 0.4) is 0 Å². The average molecular weight is 909 g/mol. The second-order valence-corrected chi connectivity index (χ2v) is 16.2. The van der Waals surface area contributed by atoms with Crippen LogP contribution in [0.15, 0.2) is 84.9 Å². The SMILES string of the molecule is O=C(Oc1ccc(OC(=O)[C@H]2CC[C@H](C(=O)Oc3ccc(OC(=O)c4ccc(OC[C@@H]5CO5)cc4)c(C(=O)OC[C@@H]4CO4)c3)CC2)cc1C(=O)OCC1CO1)c1ccc(OCC2CO2)cc1. The largest absolute Gasteiger partial charge is 0.491 e. The molecule has 5 fully saturated rings. The molecule has 0 amide bonds. The van der Waals surface area contributed by atoms with Crippen LogP contribution in [0.4, 0.5) is 0 Å². The van der Waals surface area contributed by atoms with Gasteiger partial charge in [0, 0.05) is 0 Å². The molecule has 4 aromatic carbocycles. The smallest absolute Gasteiger partial charge is 0.343 e. The Hall–Kier alpha value is -6.86. The molecule has 4 atom stereocenters. The van der Waals surface area contributed by atoms with Gasteiger partial charge < -0.3 is 56.8 Å². The molecule has 0 N–H and O–H groups in total. The molecule has 1 saturated carbocycles. The summed E-state index contributed by atoms with van der Waals surface area (Å²) in [5, 5.41) is 0. The summed E-state index contributed by atoms with van der Waals surface area (Å²) in [5.41, 5.74) is 0.133. The summed E-state index contributed by atoms with van der Waals surface area (Å²) >= 11 is 0. The number of esters is 6. The second-order valence-electron chi connectivity index (χ2n) is 16.2. The van der Waals surface area contributed by atoms with E-state index >= 15 is 0 Å². The minimum absolute atomic E-state index is 0.0102. The minimum atomic E-state index is -0.809. The highest BCUT2D eigenvalue weighted by atomic mass is 16.6. The van der Waals surface area contributed by atoms with Crippen LogP contribution in [0.25, 0.3) is 0 Å². The summed E-state index contributed by atoms with van der Waals surface area (Å²) in [5.74, 6) is -4.47. The van der Waals surface area contributed by atoms with E-state index in [2.05, 4.69) is 0 Å². The van der Waals surface area contributed by atoms with Crippen molar-refractivity contribution in [1.82, 2.24) is 0 Å². The van der Waals surface area contributed by atoms with Gasteiger partial charge in [-0.1, -0.05) is 0 Å². The maximum atomic E-state index is 13.4. The molecule has 0 radical (unpaired) electrons. The molecule has 344 valence electrons. The van der Waals surface area contributed by atoms with Crippen molar-refractivity contribution in [3.05, 3.63) is 107 Å². The summed E-state index contributed by atoms with van der Waals surface area (Å²) in [6.45, 7) is 2.98. The van der Waals surface area contributed by atoms with Crippen LogP contribution in [0.2, 0.25) is 0 Å². The molecule has 9 rings (SSSR count). The molecule has 0 spiro atoms. The number of hydrogen-bond donors (Lipinski definition) is 0. The van der Waals surface area contributed by atoms with Gasteiger partial charge in [0.15, 0.2) is 0 Å². The first-order valence-electron chi connectivity index (χ1n) is 21.5. The van der Waals surface area contributed by atoms with Gasteiger partial charge >= 0.3 is 35.8 Å². The molecule has 18 nitrogen and oxygen atoms in total. The fraction of sp³-hybridized carbons (Fsp3) is 0.375. The van der Waals surface area contributed by atoms with Gasteiger partial charge in [0.25, 0.3) is 0 Å². The lowest BCUT2D eigenvalue weighted by Crippen LogP contribution is -2.30. The van der Waals surface area contributed by atoms with E-state index in [4.69, 9.17) is 56.8 Å². The van der Waals surface area contributed by atoms with Crippen LogP contribution < -0.4 is 28.4 Å². The van der Waals surface area contributed by atoms with Crippen LogP contribution in [0.1, 0.15) is 67.1 Å². The van der Waals surface area contributed by atoms with Crippen molar-refractivity contribution in [2.75, 3.05) is 52.9 Å². The van der Waals surface area contributed by atoms with Gasteiger partial charge in [-0.05, 0) is 111 Å². The Morgan fingerprint density at radius 2 is 0.742 bits per heavy atom. The molecule has 0 bridgehead atoms. The van der Waals surface area contributed by atoms with E-state index < -0.39 is 47.7 Å². The van der Waals surface area contributed by atoms with E-state index in [1.54, 1.807) is 24.3 Å². The first-order chi connectivity index (χ1) is 32.1. The number of rotatable bonds is 20. The molecule has 4 saturated heterocycles. The summed E-state index contributed by atoms with van der Waals surface area (Å²) in [4.78, 5) is 79.4. The number of carbonyl (C=O) groups is 6. The van der Waals surface area contributed by atoms with Crippen LogP contribution in [0.5, 0.6) is 34.5 Å². The highest BCUT2D eigenvalue weighted by Crippen LogP contribution is 2.34. The number of carbonyl (C=O) groups excluding carboxylic acids is 6. The fourth-order valence-electron chi connectivity index (χ4n) is 6.83. The van der Waals surface area contributed by atoms with Gasteiger partial charge in [-0.3, -0.25) is 9.59 Å². The van der Waals surface area contributed by atoms with E-state index in [1.165, 1.54) is 60.7 Å². The van der Waals surface area contributed by atoms with Crippen LogP contribution in [-0.4, -0.2) is 113 Å². The first kappa shape index (κ1) is 44.3. The van der Waals surface area contributed by atoms with Crippen molar-refractivity contribution < 1.29 is 85.6 Å². The molecular weight excluding hydrogens is 865 g/mol. The third kappa shape index (κ3) is 12.3. The predicted octanol–water partition coefficient (Wildman–Crippen LogP) is 5.11. The highest BCUT2D eigenvalue weighted by molar-refractivity contribution is 5.98. The van der Waals surface area contributed by atoms with Crippen molar-refractivity contribution in [3.63, 3.8) is 0 Å². The van der Waals surface area contributed by atoms with Crippen molar-refractivity contribution in [2.24, 2.45) is 11.8 Å². The number of benzene rings is 4. The average Bonchev–Trinajstić information content (AvgIpc) is 4.12. The van der Waals surface area contributed by atoms with E-state index in [-0.39, 0.29) is 82.9 Å². The molecule has 4 aromatic rings. The van der Waals surface area contributed by atoms with Crippen LogP contribution in [-0.2, 0) is 38.0 Å². The van der Waals surface area contributed by atoms with Gasteiger partial charge in [-0.2, -0.15) is 0 Å². The Labute approximate surface area is 377 Å². The van der Waals surface area contributed by atoms with Crippen LogP contribution >= 0.6 is 0 Å². The minimum Gasteiger partial charge on any atom is -0.491 e. The third-order valence-corrected chi connectivity index (χ3v) is 11.0. The number of hydrogen-bond acceptors (Lipinski definition) is 18. The molecule has 4 aliphatic heterocycles. The van der Waals surface area contributed by atoms with E-state index in [9.17, 15) is 28.8 Å². The lowest BCUT2D eigenvalue weighted by atomic mass is 9.82. The summed E-state index contributed by atoms with van der Waals surface area (Å²) < 4.78 is 65.2. The van der Waals surface area contributed by atoms with Crippen LogP contribution in [0, 0.1) is 11.8 Å². The second kappa shape index (κ2) is 20.1. The Bertz CT molecular complexity index is 2270. The Morgan fingerprint density at radius 1 is 0.409 bits per heavy atom. The van der Waals surface area contributed by atoms with Gasteiger partial charge in [0.05, 0.1) is 49.4 Å². The summed E-state index contributed by atoms with van der Waals surface area (Å²) in [7, 11) is 0. The van der Waals surface area contributed by atoms with Gasteiger partial charge in [0.2, 0.25) is 0 Å². The van der Waals surface area contributed by atoms with E-state index in [0.29, 0.717) is 76.8 Å². The topological polar surface area (TPSA) is 226 Å². The van der Waals surface area contributed by atoms with Crippen molar-refractivity contribution in [2.45, 2.75) is 50.1 Å². The molecule has 0 aromatic heterocycles. The normalized spacial score (nSPS) is 22.1. The fourth-order valence-corrected chi connectivity index (χ4v) is 6.83. The lowest BCUT2D eigenvalue weighted by Gasteiger charge is -2.26. The van der Waals surface area contributed by atoms with Crippen molar-refractivity contribution >= 4 is 35.8 Å². The number of ether oxygens (including phenoxy) is 12. The zero-order valence-electron chi connectivity index (χ0n) is 35.4. The van der Waals surface area contributed by atoms with E-state index in [1.807, 2.05) is 0 Å². The number of epoxide rings is 4. The zero-order valence-corrected chi connectivity index (χ0v) is 35.4. The highest BCUT2D eigenvalue weighted by Gasteiger charge is 2.34. The molecule has 1 aliphatic carbocycles. The van der Waals surface area contributed by atoms with Gasteiger partial charge in [-0.25, -0.2) is 19.2 Å². The quantitative estimate of drug-likeness (QED) is 0.0638. The summed E-state index contributed by atoms with van der Waals surface area (Å²) in [6, 6.07) is 20.6. The predicted molar refractivity (Wildman–Crippen MR) is 223 cm³/mol. The van der Waals surface area contributed by atoms with Crippen molar-refractivity contribution in [3.8, 4) is 34.5 Å². The first-order valence-corrected chi connectivity index (χ1v) is 21.5. The summed E-state index contributed by atoms with van der Waals surface area (Å²) in [6.07, 6.45) is 0.858. The maximum Gasteiger partial charge on any atom is 0.343 e.